The lowest BCUT2D eigenvalue weighted by molar-refractivity contribution is -0.132. The fraction of sp³-hybridized carbons (Fsp3) is 0.571. The van der Waals surface area contributed by atoms with Crippen molar-refractivity contribution in [3.63, 3.8) is 0 Å². The van der Waals surface area contributed by atoms with Crippen LogP contribution in [0.3, 0.4) is 0 Å². The molecular formula is C56H77NO2S5. The molecule has 0 radical (unpaired) electrons. The standard InChI is InChI=1S/C56H77NO2S5/c1-5-9-13-17-21-25-29-42-35-36-60-53(42)52-39-45(32-28-24-20-16-12-8-4)55(64-52)48-34-33-47(61-48)54-44(31-27-23-19-15-11-7-3)38-51(63-54)50-37-43(30-26-22-18-14-10-6-2)49(62-50)40-46(41-57)56(58)59/h33-40H,5-32H2,1-4H3,(H,58,59)/b46-40+. The molecule has 0 unspecified atom stereocenters. The molecule has 0 spiro atoms. The van der Waals surface area contributed by atoms with E-state index in [4.69, 9.17) is 0 Å². The number of carbonyl (C=O) groups is 1. The van der Waals surface area contributed by atoms with Gasteiger partial charge in [-0.1, -0.05) is 156 Å². The third-order valence-electron chi connectivity index (χ3n) is 12.6. The minimum atomic E-state index is -1.16. The fourth-order valence-electron chi connectivity index (χ4n) is 8.75. The highest BCUT2D eigenvalue weighted by Gasteiger charge is 2.21. The number of carboxylic acids is 1. The summed E-state index contributed by atoms with van der Waals surface area (Å²) in [6, 6.07) is 16.4. The number of hydrogen-bond acceptors (Lipinski definition) is 7. The topological polar surface area (TPSA) is 61.1 Å². The molecule has 5 aromatic heterocycles. The molecule has 0 bridgehead atoms. The monoisotopic (exact) mass is 955 g/mol. The number of carboxylic acid groups (broad SMARTS) is 1. The van der Waals surface area contributed by atoms with E-state index in [1.807, 2.05) is 51.4 Å². The quantitative estimate of drug-likeness (QED) is 0.0254. The molecule has 0 aliphatic heterocycles. The SMILES string of the molecule is CCCCCCCCc1cc(-c2cc(CCCCCCCC)c(-c3ccc(-c4sc(-c5sccc5CCCCCCCC)cc4CCCCCCCC)s3)s2)sc1/C=C(\C#N)C(=O)O. The molecule has 348 valence electrons. The number of nitriles is 1. The first-order valence-electron chi connectivity index (χ1n) is 25.3. The highest BCUT2D eigenvalue weighted by molar-refractivity contribution is 7.29. The van der Waals surface area contributed by atoms with Crippen molar-refractivity contribution in [2.45, 2.75) is 207 Å². The van der Waals surface area contributed by atoms with E-state index < -0.39 is 5.97 Å². The maximum atomic E-state index is 12.0. The van der Waals surface area contributed by atoms with Crippen LogP contribution in [0.4, 0.5) is 0 Å². The summed E-state index contributed by atoms with van der Waals surface area (Å²) >= 11 is 9.49. The van der Waals surface area contributed by atoms with Crippen LogP contribution in [0.2, 0.25) is 0 Å². The van der Waals surface area contributed by atoms with Gasteiger partial charge in [0.1, 0.15) is 11.6 Å². The van der Waals surface area contributed by atoms with Gasteiger partial charge in [-0.25, -0.2) is 4.79 Å². The van der Waals surface area contributed by atoms with Crippen LogP contribution in [-0.2, 0) is 30.5 Å². The smallest absolute Gasteiger partial charge is 0.346 e. The Labute approximate surface area is 408 Å². The van der Waals surface area contributed by atoms with E-state index in [2.05, 4.69) is 69.5 Å². The van der Waals surface area contributed by atoms with Crippen LogP contribution in [0.1, 0.15) is 209 Å². The van der Waals surface area contributed by atoms with Crippen LogP contribution in [0.5, 0.6) is 0 Å². The molecule has 8 heteroatoms. The van der Waals surface area contributed by atoms with Gasteiger partial charge < -0.3 is 5.11 Å². The number of rotatable bonds is 34. The molecule has 0 aliphatic carbocycles. The number of aliphatic carboxylic acids is 1. The van der Waals surface area contributed by atoms with Crippen LogP contribution in [-0.4, -0.2) is 11.1 Å². The first-order valence-corrected chi connectivity index (χ1v) is 29.5. The van der Waals surface area contributed by atoms with Gasteiger partial charge in [0.25, 0.3) is 0 Å². The summed E-state index contributed by atoms with van der Waals surface area (Å²) < 4.78 is 0. The maximum Gasteiger partial charge on any atom is 0.346 e. The van der Waals surface area contributed by atoms with Crippen molar-refractivity contribution in [2.75, 3.05) is 0 Å². The second kappa shape index (κ2) is 29.8. The average molecular weight is 957 g/mol. The third kappa shape index (κ3) is 16.5. The lowest BCUT2D eigenvalue weighted by Gasteiger charge is -2.04. The Morgan fingerprint density at radius 2 is 0.891 bits per heavy atom. The van der Waals surface area contributed by atoms with Crippen LogP contribution >= 0.6 is 56.7 Å². The van der Waals surface area contributed by atoms with Crippen molar-refractivity contribution in [3.05, 3.63) is 74.5 Å². The first kappa shape index (κ1) is 52.2. The van der Waals surface area contributed by atoms with E-state index in [0.29, 0.717) is 0 Å². The van der Waals surface area contributed by atoms with E-state index in [9.17, 15) is 15.2 Å². The Kier molecular flexibility index (Phi) is 24.3. The molecule has 1 N–H and O–H groups in total. The van der Waals surface area contributed by atoms with E-state index in [1.165, 1.54) is 215 Å². The highest BCUT2D eigenvalue weighted by atomic mass is 32.1. The lowest BCUT2D eigenvalue weighted by atomic mass is 10.0. The molecule has 0 saturated carbocycles. The lowest BCUT2D eigenvalue weighted by Crippen LogP contribution is -1.97. The molecule has 0 aliphatic rings. The highest BCUT2D eigenvalue weighted by Crippen LogP contribution is 2.49. The normalized spacial score (nSPS) is 11.8. The maximum absolute atomic E-state index is 12.0. The predicted octanol–water partition coefficient (Wildman–Crippen LogP) is 20.3. The van der Waals surface area contributed by atoms with Gasteiger partial charge in [-0.3, -0.25) is 0 Å². The molecule has 3 nitrogen and oxygen atoms in total. The van der Waals surface area contributed by atoms with Crippen LogP contribution in [0.15, 0.2) is 47.4 Å². The van der Waals surface area contributed by atoms with Gasteiger partial charge in [0.15, 0.2) is 0 Å². The fourth-order valence-corrected chi connectivity index (χ4v) is 14.8. The van der Waals surface area contributed by atoms with Crippen LogP contribution in [0, 0.1) is 11.3 Å². The van der Waals surface area contributed by atoms with Gasteiger partial charge in [-0.15, -0.1) is 56.7 Å². The molecule has 5 heterocycles. The van der Waals surface area contributed by atoms with Crippen LogP contribution < -0.4 is 0 Å². The second-order valence-corrected chi connectivity index (χ2v) is 23.1. The van der Waals surface area contributed by atoms with E-state index >= 15 is 0 Å². The Hall–Kier alpha value is -2.80. The second-order valence-electron chi connectivity index (χ2n) is 17.9. The van der Waals surface area contributed by atoms with Crippen molar-refractivity contribution >= 4 is 68.7 Å². The first-order chi connectivity index (χ1) is 31.4. The van der Waals surface area contributed by atoms with Crippen LogP contribution in [0.25, 0.3) is 45.1 Å². The summed E-state index contributed by atoms with van der Waals surface area (Å²) in [7, 11) is 0. The summed E-state index contributed by atoms with van der Waals surface area (Å²) in [5.41, 5.74) is 5.47. The summed E-state index contributed by atoms with van der Waals surface area (Å²) in [6.07, 6.45) is 36.6. The number of nitrogens with zero attached hydrogens (tertiary/aromatic N) is 1. The molecular weight excluding hydrogens is 879 g/mol. The number of thiophene rings is 5. The average Bonchev–Trinajstić information content (AvgIpc) is 4.15. The van der Waals surface area contributed by atoms with Gasteiger partial charge in [0.05, 0.1) is 0 Å². The Morgan fingerprint density at radius 3 is 1.38 bits per heavy atom. The molecule has 5 rings (SSSR count). The minimum Gasteiger partial charge on any atom is -0.477 e. The minimum absolute atomic E-state index is 0.194. The summed E-state index contributed by atoms with van der Waals surface area (Å²) in [6.45, 7) is 9.13. The molecule has 0 amide bonds. The number of aryl methyl sites for hydroxylation is 4. The Bertz CT molecular complexity index is 2160. The zero-order valence-corrected chi connectivity index (χ0v) is 43.8. The molecule has 0 saturated heterocycles. The zero-order valence-electron chi connectivity index (χ0n) is 39.8. The molecule has 0 atom stereocenters. The summed E-state index contributed by atoms with van der Waals surface area (Å²) in [5.74, 6) is -1.16. The van der Waals surface area contributed by atoms with Gasteiger partial charge in [-0.05, 0) is 121 Å². The van der Waals surface area contributed by atoms with Gasteiger partial charge in [0.2, 0.25) is 0 Å². The Balaban J connectivity index is 1.46. The molecule has 64 heavy (non-hydrogen) atoms. The molecule has 0 fully saturated rings. The van der Waals surface area contributed by atoms with E-state index in [-0.39, 0.29) is 5.57 Å². The third-order valence-corrected chi connectivity index (χ3v) is 18.8. The van der Waals surface area contributed by atoms with E-state index in [1.54, 1.807) is 17.4 Å². The van der Waals surface area contributed by atoms with Gasteiger partial charge in [0, 0.05) is 43.9 Å². The van der Waals surface area contributed by atoms with Crippen molar-refractivity contribution < 1.29 is 9.90 Å². The summed E-state index contributed by atoms with van der Waals surface area (Å²) in [5, 5.41) is 21.8. The van der Waals surface area contributed by atoms with Gasteiger partial charge >= 0.3 is 5.97 Å². The summed E-state index contributed by atoms with van der Waals surface area (Å²) in [4.78, 5) is 23.9. The van der Waals surface area contributed by atoms with Crippen molar-refractivity contribution in [3.8, 4) is 45.1 Å². The number of unbranched alkanes of at least 4 members (excludes halogenated alkanes) is 20. The molecule has 0 aromatic carbocycles. The largest absolute Gasteiger partial charge is 0.477 e. The zero-order chi connectivity index (χ0) is 45.4. The van der Waals surface area contributed by atoms with Crippen molar-refractivity contribution in [1.29, 1.82) is 5.26 Å². The van der Waals surface area contributed by atoms with Crippen molar-refractivity contribution in [2.24, 2.45) is 0 Å². The van der Waals surface area contributed by atoms with E-state index in [0.717, 1.165) is 30.6 Å². The predicted molar refractivity (Wildman–Crippen MR) is 287 cm³/mol. The number of hydrogen-bond donors (Lipinski definition) is 1. The Morgan fingerprint density at radius 1 is 0.484 bits per heavy atom. The molecule has 5 aromatic rings. The van der Waals surface area contributed by atoms with Crippen molar-refractivity contribution in [1.82, 2.24) is 0 Å². The van der Waals surface area contributed by atoms with Gasteiger partial charge in [-0.2, -0.15) is 5.26 Å².